The molecule has 0 spiro atoms. The van der Waals surface area contributed by atoms with Crippen LogP contribution in [-0.4, -0.2) is 9.97 Å². The van der Waals surface area contributed by atoms with Crippen LogP contribution in [0.5, 0.6) is 0 Å². The first-order valence-electron chi connectivity index (χ1n) is 7.10. The Hall–Kier alpha value is -2.37. The minimum Gasteiger partial charge on any atom is -0.340 e. The summed E-state index contributed by atoms with van der Waals surface area (Å²) < 4.78 is 13.2. The maximum absolute atomic E-state index is 13.2. The van der Waals surface area contributed by atoms with Crippen molar-refractivity contribution >= 4 is 46.3 Å². The molecule has 122 valence electrons. The predicted octanol–water partition coefficient (Wildman–Crippen LogP) is 5.72. The van der Waals surface area contributed by atoms with Crippen LogP contribution in [-0.2, 0) is 0 Å². The average molecular weight is 363 g/mol. The topological polar surface area (TPSA) is 49.8 Å². The summed E-state index contributed by atoms with van der Waals surface area (Å²) in [7, 11) is 0. The third kappa shape index (κ3) is 4.13. The Morgan fingerprint density at radius 1 is 0.917 bits per heavy atom. The van der Waals surface area contributed by atoms with Crippen LogP contribution >= 0.6 is 23.2 Å². The summed E-state index contributed by atoms with van der Waals surface area (Å²) in [5.74, 6) is 0.520. The lowest BCUT2D eigenvalue weighted by molar-refractivity contribution is 0.628. The van der Waals surface area contributed by atoms with Crippen molar-refractivity contribution < 1.29 is 4.39 Å². The maximum Gasteiger partial charge on any atom is 0.229 e. The van der Waals surface area contributed by atoms with Crippen molar-refractivity contribution in [3.05, 3.63) is 70.1 Å². The summed E-state index contributed by atoms with van der Waals surface area (Å²) >= 11 is 11.8. The number of nitrogens with zero attached hydrogens (tertiary/aromatic N) is 2. The van der Waals surface area contributed by atoms with Crippen molar-refractivity contribution in [2.24, 2.45) is 0 Å². The zero-order valence-corrected chi connectivity index (χ0v) is 14.2. The maximum atomic E-state index is 13.2. The van der Waals surface area contributed by atoms with Gasteiger partial charge in [-0.15, -0.1) is 0 Å². The van der Waals surface area contributed by atoms with Crippen LogP contribution in [0.2, 0.25) is 10.0 Å². The smallest absolute Gasteiger partial charge is 0.229 e. The van der Waals surface area contributed by atoms with E-state index in [2.05, 4.69) is 20.6 Å². The highest BCUT2D eigenvalue weighted by Crippen LogP contribution is 2.24. The number of aryl methyl sites for hydroxylation is 1. The van der Waals surface area contributed by atoms with Gasteiger partial charge in [0, 0.05) is 28.2 Å². The van der Waals surface area contributed by atoms with Crippen LogP contribution in [0, 0.1) is 12.7 Å². The van der Waals surface area contributed by atoms with Gasteiger partial charge in [-0.1, -0.05) is 29.3 Å². The van der Waals surface area contributed by atoms with Gasteiger partial charge in [-0.05, 0) is 43.3 Å². The van der Waals surface area contributed by atoms with Gasteiger partial charge in [-0.2, -0.15) is 4.98 Å². The molecule has 4 nitrogen and oxygen atoms in total. The molecule has 0 saturated heterocycles. The molecule has 1 heterocycles. The molecule has 0 unspecified atom stereocenters. The van der Waals surface area contributed by atoms with Gasteiger partial charge in [0.05, 0.1) is 5.02 Å². The van der Waals surface area contributed by atoms with Crippen LogP contribution in [0.4, 0.5) is 27.5 Å². The molecule has 0 saturated carbocycles. The van der Waals surface area contributed by atoms with Crippen LogP contribution in [0.3, 0.4) is 0 Å². The Labute approximate surface area is 148 Å². The molecule has 2 N–H and O–H groups in total. The molecule has 0 aliphatic heterocycles. The average Bonchev–Trinajstić information content (AvgIpc) is 2.50. The van der Waals surface area contributed by atoms with E-state index in [1.165, 1.54) is 12.1 Å². The fourth-order valence-corrected chi connectivity index (χ4v) is 2.48. The van der Waals surface area contributed by atoms with Crippen molar-refractivity contribution in [3.63, 3.8) is 0 Å². The first-order chi connectivity index (χ1) is 11.5. The van der Waals surface area contributed by atoms with E-state index in [1.807, 2.05) is 19.1 Å². The van der Waals surface area contributed by atoms with E-state index in [0.717, 1.165) is 11.4 Å². The fraction of sp³-hybridized carbons (Fsp3) is 0.0588. The molecule has 24 heavy (non-hydrogen) atoms. The van der Waals surface area contributed by atoms with Crippen molar-refractivity contribution in [2.75, 3.05) is 10.6 Å². The highest BCUT2D eigenvalue weighted by molar-refractivity contribution is 6.31. The summed E-state index contributed by atoms with van der Waals surface area (Å²) in [4.78, 5) is 8.73. The molecular weight excluding hydrogens is 350 g/mol. The Morgan fingerprint density at radius 3 is 2.46 bits per heavy atom. The number of anilines is 4. The fourth-order valence-electron chi connectivity index (χ4n) is 2.11. The Kier molecular flexibility index (Phi) is 4.83. The van der Waals surface area contributed by atoms with E-state index in [-0.39, 0.29) is 5.02 Å². The van der Waals surface area contributed by atoms with E-state index < -0.39 is 5.82 Å². The van der Waals surface area contributed by atoms with Crippen LogP contribution in [0.15, 0.2) is 48.5 Å². The first kappa shape index (κ1) is 16.5. The molecule has 2 aromatic carbocycles. The molecule has 0 fully saturated rings. The molecule has 3 rings (SSSR count). The Morgan fingerprint density at radius 2 is 1.71 bits per heavy atom. The standard InChI is InChI=1S/C17H13Cl2FN4/c1-10-7-16(22-13-5-6-15(20)14(19)9-13)24-17(21-10)23-12-4-2-3-11(18)8-12/h2-9H,1H3,(H2,21,22,23,24). The molecule has 0 radical (unpaired) electrons. The van der Waals surface area contributed by atoms with Crippen molar-refractivity contribution in [3.8, 4) is 0 Å². The normalized spacial score (nSPS) is 10.5. The summed E-state index contributed by atoms with van der Waals surface area (Å²) in [6, 6.07) is 13.4. The Balaban J connectivity index is 1.84. The zero-order chi connectivity index (χ0) is 17.1. The number of benzene rings is 2. The molecule has 7 heteroatoms. The number of hydrogen-bond donors (Lipinski definition) is 2. The van der Waals surface area contributed by atoms with Crippen LogP contribution in [0.25, 0.3) is 0 Å². The minimum atomic E-state index is -0.468. The summed E-state index contributed by atoms with van der Waals surface area (Å²) in [5, 5.41) is 6.84. The van der Waals surface area contributed by atoms with E-state index >= 15 is 0 Å². The molecule has 0 bridgehead atoms. The number of hydrogen-bond acceptors (Lipinski definition) is 4. The van der Waals surface area contributed by atoms with E-state index in [1.54, 1.807) is 24.3 Å². The lowest BCUT2D eigenvalue weighted by atomic mass is 10.3. The lowest BCUT2D eigenvalue weighted by Gasteiger charge is -2.10. The number of aromatic nitrogens is 2. The molecule has 0 aliphatic carbocycles. The van der Waals surface area contributed by atoms with E-state index in [4.69, 9.17) is 23.2 Å². The predicted molar refractivity (Wildman–Crippen MR) is 96.2 cm³/mol. The highest BCUT2D eigenvalue weighted by atomic mass is 35.5. The van der Waals surface area contributed by atoms with Crippen LogP contribution < -0.4 is 10.6 Å². The SMILES string of the molecule is Cc1cc(Nc2ccc(F)c(Cl)c2)nc(Nc2cccc(Cl)c2)n1. The van der Waals surface area contributed by atoms with Crippen molar-refractivity contribution in [1.82, 2.24) is 9.97 Å². The number of rotatable bonds is 4. The molecule has 0 atom stereocenters. The first-order valence-corrected chi connectivity index (χ1v) is 7.85. The van der Waals surface area contributed by atoms with Gasteiger partial charge in [0.1, 0.15) is 11.6 Å². The third-order valence-electron chi connectivity index (χ3n) is 3.13. The largest absolute Gasteiger partial charge is 0.340 e. The monoisotopic (exact) mass is 362 g/mol. The second-order valence-corrected chi connectivity index (χ2v) is 5.95. The van der Waals surface area contributed by atoms with Gasteiger partial charge >= 0.3 is 0 Å². The minimum absolute atomic E-state index is 0.0445. The molecule has 0 aliphatic rings. The summed E-state index contributed by atoms with van der Waals surface area (Å²) in [5.41, 5.74) is 2.18. The van der Waals surface area contributed by atoms with E-state index in [9.17, 15) is 4.39 Å². The lowest BCUT2D eigenvalue weighted by Crippen LogP contribution is -2.02. The van der Waals surface area contributed by atoms with Gasteiger partial charge in [-0.3, -0.25) is 0 Å². The van der Waals surface area contributed by atoms with Gasteiger partial charge in [0.15, 0.2) is 0 Å². The molecule has 0 amide bonds. The molecular formula is C17H13Cl2FN4. The number of nitrogens with one attached hydrogen (secondary N) is 2. The van der Waals surface area contributed by atoms with Crippen LogP contribution in [0.1, 0.15) is 5.69 Å². The van der Waals surface area contributed by atoms with Gasteiger partial charge in [0.25, 0.3) is 0 Å². The van der Waals surface area contributed by atoms with Gasteiger partial charge in [0.2, 0.25) is 5.95 Å². The summed E-state index contributed by atoms with van der Waals surface area (Å²) in [6.07, 6.45) is 0. The van der Waals surface area contributed by atoms with Crippen molar-refractivity contribution in [2.45, 2.75) is 6.92 Å². The van der Waals surface area contributed by atoms with Gasteiger partial charge < -0.3 is 10.6 Å². The second kappa shape index (κ2) is 7.03. The summed E-state index contributed by atoms with van der Waals surface area (Å²) in [6.45, 7) is 1.85. The quantitative estimate of drug-likeness (QED) is 0.623. The Bertz CT molecular complexity index is 886. The molecule has 1 aromatic heterocycles. The van der Waals surface area contributed by atoms with Crippen molar-refractivity contribution in [1.29, 1.82) is 0 Å². The third-order valence-corrected chi connectivity index (χ3v) is 3.65. The van der Waals surface area contributed by atoms with E-state index in [0.29, 0.717) is 22.5 Å². The van der Waals surface area contributed by atoms with Gasteiger partial charge in [-0.25, -0.2) is 9.37 Å². The number of halogens is 3. The second-order valence-electron chi connectivity index (χ2n) is 5.11. The molecule has 3 aromatic rings. The highest BCUT2D eigenvalue weighted by Gasteiger charge is 2.06. The zero-order valence-electron chi connectivity index (χ0n) is 12.6.